The number of hydrogen-bond acceptors (Lipinski definition) is 28. The van der Waals surface area contributed by atoms with E-state index < -0.39 is 97.7 Å². The van der Waals surface area contributed by atoms with Crippen LogP contribution in [0.2, 0.25) is 0 Å². The first-order valence-corrected chi connectivity index (χ1v) is 51.4. The molecule has 40 aliphatic carbocycles. The topological polar surface area (TPSA) is 566 Å². The molecule has 0 aromatic carbocycles. The minimum Gasteiger partial charge on any atom is -0.393 e. The van der Waals surface area contributed by atoms with Crippen molar-refractivity contribution in [2.45, 2.75) is 453 Å². The molecule has 0 aromatic heterocycles. The first kappa shape index (κ1) is 93.2. The first-order valence-electron chi connectivity index (χ1n) is 51.4. The summed E-state index contributed by atoms with van der Waals surface area (Å²) in [4.78, 5) is 0. The molecular weight excluding hydrogens is 1650 g/mol. The molecule has 16 atom stereocenters. The van der Waals surface area contributed by atoms with Gasteiger partial charge >= 0.3 is 0 Å². The van der Waals surface area contributed by atoms with Gasteiger partial charge in [-0.05, 0) is 331 Å². The van der Waals surface area contributed by atoms with Crippen molar-refractivity contribution < 1.29 is 143 Å². The lowest BCUT2D eigenvalue weighted by Crippen LogP contribution is -2.71. The van der Waals surface area contributed by atoms with Crippen LogP contribution >= 0.6 is 0 Å². The molecule has 16 unspecified atom stereocenters. The van der Waals surface area contributed by atoms with Gasteiger partial charge in [-0.15, -0.1) is 0 Å². The summed E-state index contributed by atoms with van der Waals surface area (Å²) in [7, 11) is 0. The number of aliphatic hydroxyl groups is 28. The van der Waals surface area contributed by atoms with E-state index in [2.05, 4.69) is 0 Å². The monoisotopic (exact) mass is 1810 g/mol. The zero-order chi connectivity index (χ0) is 90.6. The minimum absolute atomic E-state index is 0.0370. The fraction of sp³-hybridized carbons (Fsp3) is 1.00. The summed E-state index contributed by atoms with van der Waals surface area (Å²) in [6.45, 7) is 0. The molecule has 40 bridgehead atoms. The summed E-state index contributed by atoms with van der Waals surface area (Å²) in [6.07, 6.45) is 30.2. The average Bonchev–Trinajstić information content (AvgIpc) is 0.654. The summed E-state index contributed by atoms with van der Waals surface area (Å²) in [5.74, 6) is 8.27. The maximum absolute atomic E-state index is 10.1. The second kappa shape index (κ2) is 31.9. The molecule has 40 rings (SSSR count). The Bertz CT molecular complexity index is 3630. The van der Waals surface area contributed by atoms with E-state index in [1.165, 1.54) is 32.1 Å². The van der Waals surface area contributed by atoms with Crippen molar-refractivity contribution in [2.75, 3.05) is 0 Å². The Labute approximate surface area is 752 Å². The van der Waals surface area contributed by atoms with Crippen LogP contribution in [0.1, 0.15) is 289 Å². The van der Waals surface area contributed by atoms with E-state index in [-0.39, 0.29) is 138 Å². The summed E-state index contributed by atoms with van der Waals surface area (Å²) in [5.41, 5.74) is -9.82. The number of hydrogen-bond donors (Lipinski definition) is 28. The molecule has 0 aliphatic heterocycles. The molecular formula is C100H160O28. The van der Waals surface area contributed by atoms with Crippen molar-refractivity contribution in [1.82, 2.24) is 0 Å². The van der Waals surface area contributed by atoms with Crippen molar-refractivity contribution >= 4 is 0 Å². The molecule has 28 nitrogen and oxygen atoms in total. The van der Waals surface area contributed by atoms with Crippen LogP contribution < -0.4 is 0 Å². The molecule has 40 aliphatic rings. The van der Waals surface area contributed by atoms with E-state index in [9.17, 15) is 143 Å². The maximum atomic E-state index is 10.1. The summed E-state index contributed by atoms with van der Waals surface area (Å²) in [5, 5.41) is 279. The van der Waals surface area contributed by atoms with Crippen LogP contribution in [-0.4, -0.2) is 307 Å². The fourth-order valence-electron chi connectivity index (χ4n) is 40.1. The van der Waals surface area contributed by atoms with Crippen LogP contribution in [0.3, 0.4) is 0 Å². The molecule has 128 heavy (non-hydrogen) atoms. The normalized spacial score (nSPS) is 64.0. The van der Waals surface area contributed by atoms with Crippen molar-refractivity contribution in [3.05, 3.63) is 0 Å². The highest BCUT2D eigenvalue weighted by molar-refractivity contribution is 5.22. The van der Waals surface area contributed by atoms with E-state index in [1.807, 2.05) is 0 Å². The molecule has 0 saturated heterocycles. The van der Waals surface area contributed by atoms with Crippen LogP contribution in [-0.2, 0) is 0 Å². The van der Waals surface area contributed by atoms with Crippen molar-refractivity contribution in [1.29, 1.82) is 0 Å². The second-order valence-electron chi connectivity index (χ2n) is 53.0. The van der Waals surface area contributed by atoms with Crippen molar-refractivity contribution in [3.8, 4) is 0 Å². The summed E-state index contributed by atoms with van der Waals surface area (Å²) < 4.78 is 0. The van der Waals surface area contributed by atoms with Gasteiger partial charge in [0.1, 0.15) is 0 Å². The summed E-state index contributed by atoms with van der Waals surface area (Å²) in [6, 6.07) is 0. The van der Waals surface area contributed by atoms with Crippen LogP contribution in [0, 0.1) is 160 Å². The van der Waals surface area contributed by atoms with Crippen LogP contribution in [0.25, 0.3) is 0 Å². The molecule has 40 fully saturated rings. The van der Waals surface area contributed by atoms with Gasteiger partial charge in [0.15, 0.2) is 0 Å². The Kier molecular flexibility index (Phi) is 23.3. The third-order valence-electron chi connectivity index (χ3n) is 42.4. The Morgan fingerprint density at radius 1 is 0.109 bits per heavy atom. The van der Waals surface area contributed by atoms with E-state index in [4.69, 9.17) is 0 Å². The van der Waals surface area contributed by atoms with Gasteiger partial charge in [0.2, 0.25) is 0 Å². The van der Waals surface area contributed by atoms with Gasteiger partial charge in [0.25, 0.3) is 0 Å². The van der Waals surface area contributed by atoms with Gasteiger partial charge in [-0.2, -0.15) is 0 Å². The molecule has 0 heterocycles. The average molecular weight is 1810 g/mol. The predicted octanol–water partition coefficient (Wildman–Crippen LogP) is 1.38. The lowest BCUT2D eigenvalue weighted by Gasteiger charge is -2.64. The van der Waals surface area contributed by atoms with Gasteiger partial charge in [-0.3, -0.25) is 0 Å². The van der Waals surface area contributed by atoms with Crippen molar-refractivity contribution in [3.63, 3.8) is 0 Å². The number of rotatable bonds is 0. The zero-order valence-electron chi connectivity index (χ0n) is 75.1. The van der Waals surface area contributed by atoms with Gasteiger partial charge in [-0.1, -0.05) is 0 Å². The molecule has 28 N–H and O–H groups in total. The van der Waals surface area contributed by atoms with Crippen LogP contribution in [0.15, 0.2) is 0 Å². The number of aliphatic hydroxyl groups excluding tert-OH is 15. The highest BCUT2D eigenvalue weighted by atomic mass is 16.4. The zero-order valence-corrected chi connectivity index (χ0v) is 75.1. The molecule has 728 valence electrons. The van der Waals surface area contributed by atoms with Gasteiger partial charge in [0.05, 0.1) is 164 Å². The fourth-order valence-corrected chi connectivity index (χ4v) is 40.1. The SMILES string of the molecule is OC12CC3(O)CC(O)(C1)CC(O)(C2)C3.OC12CC3CC(C1)CC(O)(C3)C2.OC12CC3CC(O)(C1)CC(O)(C3)C2.OC1C2CC3(O)CC1CC(O)(C2)C3.OC1C2CC3C(O)C1CC(C2O)C3O.OC1C2CC3CC(C2)C(O)C1C3.OC1C2CC3CC(O)(C2)CC1C3O.OC1C2CC3CC1C(O)C(C2)C3O.OC1C2CC3CC1CC(C2)C3O.OC1C2CC3CC1CC(O)(C3)C2. The largest absolute Gasteiger partial charge is 0.393 e. The van der Waals surface area contributed by atoms with E-state index in [1.54, 1.807) is 0 Å². The predicted molar refractivity (Wildman–Crippen MR) is 456 cm³/mol. The standard InChI is InChI=1S/2C10H16O4.4C10H16O3.4C10H16O2/c11-7-1-8(12)4-9(13,2-7)6-10(14,3-7)5-8;11-7-3-1-4-9(13)5(7)2-6(8(3)12)10(4)14;11-8-1-7-2-9(12,4-8)6-10(13,3-7)5-8;11-8-6-1-9(12)3-7(8)4-10(13,2-6)5-9;11-8-5-1-6-3-10(13,2-5)4-7(8)9(6)12;11-8-4-1-5-3-7(8)10(13)6(2-4)9(5)12;11-9-2-7-1-8(4-9)5-10(12,3-7)6-9;11-9-7-1-6-2-8(9)5-10(12,3-6)4-7;11-9-5-1-6-3-8(9)4-7(2-5)10(6)12;11-9-6-1-5-2-7(4-6)10(12)8(9)3-5/h11-14H,1-6H2;3-14H,1-2H2;7,11-13H,1-6H2;6-8,11-13H,1-5H2;5-9,11-13H,1-4H2;4-13H,1-3H2;7-8,11-12H,1-6H2;6-9,11-12H,1-5H2;2*5-12H,1-4H2. The molecule has 0 amide bonds. The highest BCUT2D eigenvalue weighted by Gasteiger charge is 2.70. The minimum atomic E-state index is -1.06. The van der Waals surface area contributed by atoms with E-state index in [0.717, 1.165) is 153 Å². The third-order valence-corrected chi connectivity index (χ3v) is 42.4. The van der Waals surface area contributed by atoms with E-state index >= 15 is 0 Å². The smallest absolute Gasteiger partial charge is 0.0729 e. The van der Waals surface area contributed by atoms with Crippen molar-refractivity contribution in [2.24, 2.45) is 160 Å². The highest BCUT2D eigenvalue weighted by Crippen LogP contribution is 2.67. The molecule has 0 spiro atoms. The first-order chi connectivity index (χ1) is 59.8. The Balaban J connectivity index is 0.0000000865. The molecule has 40 saturated carbocycles. The Morgan fingerprint density at radius 3 is 0.625 bits per heavy atom. The molecule has 28 heteroatoms. The maximum Gasteiger partial charge on any atom is 0.0729 e. The molecule has 0 radical (unpaired) electrons. The Morgan fingerprint density at radius 2 is 0.312 bits per heavy atom. The Hall–Kier alpha value is -1.12. The summed E-state index contributed by atoms with van der Waals surface area (Å²) >= 11 is 0. The quantitative estimate of drug-likeness (QED) is 0.163. The van der Waals surface area contributed by atoms with Gasteiger partial charge < -0.3 is 143 Å². The lowest BCUT2D eigenvalue weighted by molar-refractivity contribution is -0.297. The molecule has 0 aromatic rings. The second-order valence-corrected chi connectivity index (χ2v) is 53.0. The van der Waals surface area contributed by atoms with Gasteiger partial charge in [-0.25, -0.2) is 0 Å². The van der Waals surface area contributed by atoms with Crippen LogP contribution in [0.4, 0.5) is 0 Å². The van der Waals surface area contributed by atoms with Gasteiger partial charge in [0, 0.05) is 118 Å². The lowest BCUT2D eigenvalue weighted by atomic mass is 9.49. The van der Waals surface area contributed by atoms with E-state index in [0.29, 0.717) is 193 Å². The third kappa shape index (κ3) is 16.8. The van der Waals surface area contributed by atoms with Crippen LogP contribution in [0.5, 0.6) is 0 Å².